The Morgan fingerprint density at radius 3 is 2.94 bits per heavy atom. The number of aromatic nitrogens is 1. The molecule has 3 saturated carbocycles. The molecule has 0 saturated heterocycles. The van der Waals surface area contributed by atoms with Crippen molar-refractivity contribution in [3.63, 3.8) is 0 Å². The van der Waals surface area contributed by atoms with Gasteiger partial charge in [-0.1, -0.05) is 12.5 Å². The Morgan fingerprint density at radius 1 is 1.11 bits per heavy atom. The number of pyridine rings is 1. The van der Waals surface area contributed by atoms with Gasteiger partial charge in [0.25, 0.3) is 0 Å². The first kappa shape index (κ1) is 11.0. The van der Waals surface area contributed by atoms with Gasteiger partial charge in [0.15, 0.2) is 0 Å². The van der Waals surface area contributed by atoms with E-state index in [9.17, 15) is 0 Å². The molecule has 2 heteroatoms. The van der Waals surface area contributed by atoms with Crippen LogP contribution in [0.15, 0.2) is 24.4 Å². The smallest absolute Gasteiger partial charge is 0.0541 e. The summed E-state index contributed by atoms with van der Waals surface area (Å²) in [6.07, 6.45) is 9.36. The minimum Gasteiger partial charge on any atom is -0.308 e. The number of nitrogens with one attached hydrogen (secondary N) is 1. The Bertz CT molecular complexity index is 416. The zero-order chi connectivity index (χ0) is 11.9. The predicted molar refractivity (Wildman–Crippen MR) is 71.9 cm³/mol. The van der Waals surface area contributed by atoms with Crippen LogP contribution < -0.4 is 5.32 Å². The SMILES string of the molecule is c1ccc(CN[C@@H]2C[C@@H]3C[C@H]2[C@@H]2CCC[C@H]32)nc1. The van der Waals surface area contributed by atoms with E-state index in [1.807, 2.05) is 12.3 Å². The van der Waals surface area contributed by atoms with Gasteiger partial charge in [0, 0.05) is 18.8 Å². The maximum absolute atomic E-state index is 4.41. The largest absolute Gasteiger partial charge is 0.308 e. The first-order valence-corrected chi connectivity index (χ1v) is 7.55. The molecule has 0 radical (unpaired) electrons. The number of nitrogens with zero attached hydrogens (tertiary/aromatic N) is 1. The summed E-state index contributed by atoms with van der Waals surface area (Å²) in [4.78, 5) is 4.41. The number of fused-ring (bicyclic) bond motifs is 5. The van der Waals surface area contributed by atoms with Crippen molar-refractivity contribution in [2.75, 3.05) is 0 Å². The monoisotopic (exact) mass is 242 g/mol. The van der Waals surface area contributed by atoms with E-state index < -0.39 is 0 Å². The van der Waals surface area contributed by atoms with Crippen molar-refractivity contribution >= 4 is 0 Å². The summed E-state index contributed by atoms with van der Waals surface area (Å²) in [5.74, 6) is 4.18. The van der Waals surface area contributed by atoms with Gasteiger partial charge < -0.3 is 5.32 Å². The van der Waals surface area contributed by atoms with Crippen LogP contribution >= 0.6 is 0 Å². The second kappa shape index (κ2) is 4.34. The second-order valence-electron chi connectivity index (χ2n) is 6.46. The molecule has 0 unspecified atom stereocenters. The van der Waals surface area contributed by atoms with E-state index in [4.69, 9.17) is 0 Å². The average Bonchev–Trinajstić information content (AvgIpc) is 3.09. The molecule has 0 aromatic carbocycles. The third kappa shape index (κ3) is 1.70. The lowest BCUT2D eigenvalue weighted by atomic mass is 9.79. The van der Waals surface area contributed by atoms with E-state index in [0.717, 1.165) is 36.3 Å². The third-order valence-corrected chi connectivity index (χ3v) is 5.70. The van der Waals surface area contributed by atoms with Crippen LogP contribution in [-0.2, 0) is 6.54 Å². The van der Waals surface area contributed by atoms with Gasteiger partial charge in [-0.25, -0.2) is 0 Å². The van der Waals surface area contributed by atoms with Crippen LogP contribution in [0.2, 0.25) is 0 Å². The van der Waals surface area contributed by atoms with E-state index in [1.165, 1.54) is 37.8 Å². The van der Waals surface area contributed by atoms with Crippen molar-refractivity contribution in [1.29, 1.82) is 0 Å². The molecule has 2 nitrogen and oxygen atoms in total. The Balaban J connectivity index is 1.40. The molecule has 96 valence electrons. The molecule has 1 aromatic heterocycles. The summed E-state index contributed by atoms with van der Waals surface area (Å²) in [5, 5.41) is 3.78. The van der Waals surface area contributed by atoms with Crippen LogP contribution in [0.1, 0.15) is 37.8 Å². The van der Waals surface area contributed by atoms with E-state index in [-0.39, 0.29) is 0 Å². The van der Waals surface area contributed by atoms with Gasteiger partial charge in [-0.05, 0) is 61.5 Å². The molecule has 0 amide bonds. The van der Waals surface area contributed by atoms with Crippen LogP contribution in [0.5, 0.6) is 0 Å². The van der Waals surface area contributed by atoms with Crippen molar-refractivity contribution in [2.24, 2.45) is 23.7 Å². The molecule has 1 heterocycles. The second-order valence-corrected chi connectivity index (χ2v) is 6.46. The zero-order valence-corrected chi connectivity index (χ0v) is 10.9. The standard InChI is InChI=1S/C16H22N2/c1-2-7-17-12(4-1)10-18-16-9-11-8-15(16)14-6-3-5-13(11)14/h1-2,4,7,11,13-16,18H,3,5-6,8-10H2/t11-,13+,14+,15-,16+/m0/s1. The van der Waals surface area contributed by atoms with Crippen molar-refractivity contribution in [3.05, 3.63) is 30.1 Å². The highest BCUT2D eigenvalue weighted by Gasteiger charge is 2.53. The van der Waals surface area contributed by atoms with Crippen LogP contribution in [0.4, 0.5) is 0 Å². The van der Waals surface area contributed by atoms with Crippen molar-refractivity contribution in [3.8, 4) is 0 Å². The molecule has 1 aromatic rings. The van der Waals surface area contributed by atoms with Crippen LogP contribution in [-0.4, -0.2) is 11.0 Å². The summed E-state index contributed by atoms with van der Waals surface area (Å²) in [5.41, 5.74) is 1.18. The highest BCUT2D eigenvalue weighted by Crippen LogP contribution is 2.58. The lowest BCUT2D eigenvalue weighted by Crippen LogP contribution is -2.39. The fourth-order valence-electron chi connectivity index (χ4n) is 5.04. The van der Waals surface area contributed by atoms with Gasteiger partial charge in [0.2, 0.25) is 0 Å². The minimum absolute atomic E-state index is 0.774. The summed E-state index contributed by atoms with van der Waals surface area (Å²) >= 11 is 0. The zero-order valence-electron chi connectivity index (χ0n) is 10.9. The normalized spacial score (nSPS) is 41.2. The van der Waals surface area contributed by atoms with Crippen molar-refractivity contribution < 1.29 is 0 Å². The van der Waals surface area contributed by atoms with Crippen LogP contribution in [0.25, 0.3) is 0 Å². The first-order valence-electron chi connectivity index (χ1n) is 7.55. The van der Waals surface area contributed by atoms with E-state index in [2.05, 4.69) is 22.4 Å². The van der Waals surface area contributed by atoms with Crippen molar-refractivity contribution in [2.45, 2.75) is 44.7 Å². The third-order valence-electron chi connectivity index (χ3n) is 5.70. The number of rotatable bonds is 3. The highest BCUT2D eigenvalue weighted by atomic mass is 15.0. The maximum atomic E-state index is 4.41. The molecular weight excluding hydrogens is 220 g/mol. The Labute approximate surface area is 109 Å². The lowest BCUT2D eigenvalue weighted by molar-refractivity contribution is 0.207. The van der Waals surface area contributed by atoms with E-state index >= 15 is 0 Å². The molecular formula is C16H22N2. The lowest BCUT2D eigenvalue weighted by Gasteiger charge is -2.32. The van der Waals surface area contributed by atoms with E-state index in [1.54, 1.807) is 0 Å². The van der Waals surface area contributed by atoms with Gasteiger partial charge in [0.1, 0.15) is 0 Å². The Hall–Kier alpha value is -0.890. The molecule has 18 heavy (non-hydrogen) atoms. The molecule has 4 rings (SSSR count). The van der Waals surface area contributed by atoms with Gasteiger partial charge in [-0.15, -0.1) is 0 Å². The van der Waals surface area contributed by atoms with Gasteiger partial charge in [-0.2, -0.15) is 0 Å². The van der Waals surface area contributed by atoms with Gasteiger partial charge in [0.05, 0.1) is 5.69 Å². The summed E-state index contributed by atoms with van der Waals surface area (Å²) < 4.78 is 0. The molecule has 3 fully saturated rings. The summed E-state index contributed by atoms with van der Waals surface area (Å²) in [7, 11) is 0. The van der Waals surface area contributed by atoms with E-state index in [0.29, 0.717) is 0 Å². The molecule has 5 atom stereocenters. The number of hydrogen-bond donors (Lipinski definition) is 1. The predicted octanol–water partition coefficient (Wildman–Crippen LogP) is 3.00. The average molecular weight is 242 g/mol. The minimum atomic E-state index is 0.774. The number of hydrogen-bond acceptors (Lipinski definition) is 2. The quantitative estimate of drug-likeness (QED) is 0.881. The molecule has 0 aliphatic heterocycles. The summed E-state index contributed by atoms with van der Waals surface area (Å²) in [6, 6.07) is 6.97. The topological polar surface area (TPSA) is 24.9 Å². The summed E-state index contributed by atoms with van der Waals surface area (Å²) in [6.45, 7) is 0.951. The maximum Gasteiger partial charge on any atom is 0.0541 e. The highest BCUT2D eigenvalue weighted by molar-refractivity contribution is 5.07. The van der Waals surface area contributed by atoms with Gasteiger partial charge >= 0.3 is 0 Å². The van der Waals surface area contributed by atoms with Gasteiger partial charge in [-0.3, -0.25) is 4.98 Å². The molecule has 3 aliphatic rings. The molecule has 1 N–H and O–H groups in total. The molecule has 2 bridgehead atoms. The fraction of sp³-hybridized carbons (Fsp3) is 0.688. The Morgan fingerprint density at radius 2 is 2.06 bits per heavy atom. The molecule has 0 spiro atoms. The first-order chi connectivity index (χ1) is 8.92. The van der Waals surface area contributed by atoms with Crippen molar-refractivity contribution in [1.82, 2.24) is 10.3 Å². The van der Waals surface area contributed by atoms with Crippen LogP contribution in [0, 0.1) is 23.7 Å². The molecule has 3 aliphatic carbocycles. The van der Waals surface area contributed by atoms with Crippen LogP contribution in [0.3, 0.4) is 0 Å². The Kier molecular flexibility index (Phi) is 2.65. The fourth-order valence-corrected chi connectivity index (χ4v) is 5.04.